The second kappa shape index (κ2) is 5.84. The van der Waals surface area contributed by atoms with Gasteiger partial charge in [-0.1, -0.05) is 60.1 Å². The quantitative estimate of drug-likeness (QED) is 0.733. The summed E-state index contributed by atoms with van der Waals surface area (Å²) in [6, 6.07) is 18.8. The Morgan fingerprint density at radius 2 is 1.76 bits per heavy atom. The third-order valence-corrected chi connectivity index (χ3v) is 3.98. The van der Waals surface area contributed by atoms with Crippen molar-refractivity contribution in [3.63, 3.8) is 0 Å². The number of hydrogen-bond acceptors (Lipinski definition) is 1. The van der Waals surface area contributed by atoms with Crippen LogP contribution in [-0.2, 0) is 6.42 Å². The van der Waals surface area contributed by atoms with Crippen LogP contribution in [0.1, 0.15) is 17.2 Å². The van der Waals surface area contributed by atoms with E-state index in [1.165, 1.54) is 22.4 Å². The van der Waals surface area contributed by atoms with Crippen molar-refractivity contribution in [3.8, 4) is 0 Å². The first-order valence-corrected chi connectivity index (χ1v) is 7.20. The van der Waals surface area contributed by atoms with Gasteiger partial charge in [0, 0.05) is 6.04 Å². The van der Waals surface area contributed by atoms with Crippen LogP contribution in [0, 0.1) is 5.82 Å². The highest BCUT2D eigenvalue weighted by Gasteiger charge is 2.11. The lowest BCUT2D eigenvalue weighted by molar-refractivity contribution is 0.625. The zero-order chi connectivity index (χ0) is 14.8. The summed E-state index contributed by atoms with van der Waals surface area (Å²) in [6.07, 6.45) is 0.684. The maximum Gasteiger partial charge on any atom is 0.141 e. The molecule has 0 aromatic heterocycles. The van der Waals surface area contributed by atoms with Crippen molar-refractivity contribution in [1.29, 1.82) is 0 Å². The first kappa shape index (κ1) is 14.1. The lowest BCUT2D eigenvalue weighted by Gasteiger charge is -2.14. The highest BCUT2D eigenvalue weighted by molar-refractivity contribution is 6.30. The predicted octanol–water partition coefficient (Wildman–Crippen LogP) is 4.87. The fourth-order valence-electron chi connectivity index (χ4n) is 2.57. The van der Waals surface area contributed by atoms with E-state index in [0.29, 0.717) is 6.42 Å². The summed E-state index contributed by atoms with van der Waals surface area (Å²) >= 11 is 5.83. The minimum Gasteiger partial charge on any atom is -0.324 e. The number of benzene rings is 3. The van der Waals surface area contributed by atoms with Gasteiger partial charge in [-0.15, -0.1) is 0 Å². The topological polar surface area (TPSA) is 26.0 Å². The van der Waals surface area contributed by atoms with E-state index >= 15 is 0 Å². The Morgan fingerprint density at radius 3 is 2.57 bits per heavy atom. The molecule has 0 amide bonds. The van der Waals surface area contributed by atoms with E-state index in [2.05, 4.69) is 24.3 Å². The Morgan fingerprint density at radius 1 is 1.00 bits per heavy atom. The average molecular weight is 300 g/mol. The molecule has 0 radical (unpaired) electrons. The Hall–Kier alpha value is -1.90. The molecule has 1 nitrogen and oxygen atoms in total. The molecule has 0 saturated carbocycles. The molecule has 0 spiro atoms. The Labute approximate surface area is 128 Å². The van der Waals surface area contributed by atoms with Crippen LogP contribution in [0.4, 0.5) is 4.39 Å². The monoisotopic (exact) mass is 299 g/mol. The second-order valence-electron chi connectivity index (χ2n) is 5.12. The Kier molecular flexibility index (Phi) is 3.91. The maximum atomic E-state index is 13.2. The minimum atomic E-state index is -0.419. The predicted molar refractivity (Wildman–Crippen MR) is 86.0 cm³/mol. The number of halogens is 2. The molecule has 0 aliphatic rings. The molecule has 3 aromatic carbocycles. The zero-order valence-corrected chi connectivity index (χ0v) is 12.1. The maximum absolute atomic E-state index is 13.2. The summed E-state index contributed by atoms with van der Waals surface area (Å²) in [5, 5.41) is 2.50. The van der Waals surface area contributed by atoms with Gasteiger partial charge in [-0.2, -0.15) is 0 Å². The van der Waals surface area contributed by atoms with Crippen molar-refractivity contribution >= 4 is 22.4 Å². The number of fused-ring (bicyclic) bond motifs is 1. The molecule has 0 bridgehead atoms. The van der Waals surface area contributed by atoms with Gasteiger partial charge in [-0.05, 0) is 40.5 Å². The molecule has 3 heteroatoms. The summed E-state index contributed by atoms with van der Waals surface area (Å²) in [5.41, 5.74) is 8.28. The molecule has 0 aliphatic heterocycles. The average Bonchev–Trinajstić information content (AvgIpc) is 2.50. The third-order valence-electron chi connectivity index (χ3n) is 3.69. The van der Waals surface area contributed by atoms with Gasteiger partial charge in [0.25, 0.3) is 0 Å². The molecule has 0 fully saturated rings. The van der Waals surface area contributed by atoms with E-state index in [4.69, 9.17) is 17.3 Å². The summed E-state index contributed by atoms with van der Waals surface area (Å²) < 4.78 is 13.2. The molecule has 3 rings (SSSR count). The Bertz CT molecular complexity index is 780. The van der Waals surface area contributed by atoms with Gasteiger partial charge in [-0.3, -0.25) is 0 Å². The molecule has 21 heavy (non-hydrogen) atoms. The highest BCUT2D eigenvalue weighted by atomic mass is 35.5. The van der Waals surface area contributed by atoms with Gasteiger partial charge in [0.1, 0.15) is 5.82 Å². The molecular formula is C18H15ClFN. The Balaban J connectivity index is 1.92. The van der Waals surface area contributed by atoms with Crippen molar-refractivity contribution < 1.29 is 4.39 Å². The van der Waals surface area contributed by atoms with Crippen LogP contribution < -0.4 is 5.73 Å². The van der Waals surface area contributed by atoms with Crippen molar-refractivity contribution in [2.45, 2.75) is 12.5 Å². The van der Waals surface area contributed by atoms with E-state index in [1.54, 1.807) is 12.1 Å². The number of nitrogens with two attached hydrogens (primary N) is 1. The fourth-order valence-corrected chi connectivity index (χ4v) is 2.76. The third kappa shape index (κ3) is 2.92. The molecule has 1 unspecified atom stereocenters. The molecule has 1 atom stereocenters. The van der Waals surface area contributed by atoms with Crippen LogP contribution in [0.2, 0.25) is 5.02 Å². The number of hydrogen-bond donors (Lipinski definition) is 1. The minimum absolute atomic E-state index is 0.112. The van der Waals surface area contributed by atoms with Gasteiger partial charge in [-0.25, -0.2) is 4.39 Å². The van der Waals surface area contributed by atoms with Gasteiger partial charge in [0.15, 0.2) is 0 Å². The molecule has 0 heterocycles. The first-order valence-electron chi connectivity index (χ1n) is 6.82. The fraction of sp³-hybridized carbons (Fsp3) is 0.111. The summed E-state index contributed by atoms with van der Waals surface area (Å²) in [4.78, 5) is 0. The van der Waals surface area contributed by atoms with Gasteiger partial charge in [0.05, 0.1) is 5.02 Å². The molecule has 2 N–H and O–H groups in total. The van der Waals surface area contributed by atoms with Crippen LogP contribution in [0.25, 0.3) is 10.8 Å². The number of rotatable bonds is 3. The van der Waals surface area contributed by atoms with Crippen LogP contribution in [0.3, 0.4) is 0 Å². The van der Waals surface area contributed by atoms with Crippen molar-refractivity contribution in [1.82, 2.24) is 0 Å². The largest absolute Gasteiger partial charge is 0.324 e. The zero-order valence-electron chi connectivity index (χ0n) is 11.4. The SMILES string of the molecule is NC(Cc1cccc2ccccc12)c1ccc(F)c(Cl)c1. The first-order chi connectivity index (χ1) is 10.1. The van der Waals surface area contributed by atoms with Gasteiger partial charge < -0.3 is 5.73 Å². The van der Waals surface area contributed by atoms with Gasteiger partial charge >= 0.3 is 0 Å². The normalized spacial score (nSPS) is 12.5. The second-order valence-corrected chi connectivity index (χ2v) is 5.53. The summed E-state index contributed by atoms with van der Waals surface area (Å²) in [6.45, 7) is 0. The molecule has 0 aliphatic carbocycles. The van der Waals surface area contributed by atoms with E-state index in [0.717, 1.165) is 5.56 Å². The van der Waals surface area contributed by atoms with E-state index in [-0.39, 0.29) is 11.1 Å². The van der Waals surface area contributed by atoms with Crippen LogP contribution in [-0.4, -0.2) is 0 Å². The lowest BCUT2D eigenvalue weighted by atomic mass is 9.95. The van der Waals surface area contributed by atoms with Crippen LogP contribution in [0.5, 0.6) is 0 Å². The highest BCUT2D eigenvalue weighted by Crippen LogP contribution is 2.25. The van der Waals surface area contributed by atoms with E-state index < -0.39 is 5.82 Å². The van der Waals surface area contributed by atoms with Crippen LogP contribution >= 0.6 is 11.6 Å². The molecule has 106 valence electrons. The van der Waals surface area contributed by atoms with Gasteiger partial charge in [0.2, 0.25) is 0 Å². The molecule has 3 aromatic rings. The van der Waals surface area contributed by atoms with Crippen molar-refractivity contribution in [3.05, 3.63) is 82.6 Å². The van der Waals surface area contributed by atoms with Crippen LogP contribution in [0.15, 0.2) is 60.7 Å². The molecular weight excluding hydrogens is 285 g/mol. The smallest absolute Gasteiger partial charge is 0.141 e. The lowest BCUT2D eigenvalue weighted by Crippen LogP contribution is -2.13. The standard InChI is InChI=1S/C18H15ClFN/c19-16-10-14(8-9-17(16)20)18(21)11-13-6-3-5-12-4-1-2-7-15(12)13/h1-10,18H,11,21H2. The summed E-state index contributed by atoms with van der Waals surface area (Å²) in [7, 11) is 0. The van der Waals surface area contributed by atoms with Crippen molar-refractivity contribution in [2.24, 2.45) is 5.73 Å². The van der Waals surface area contributed by atoms with E-state index in [9.17, 15) is 4.39 Å². The summed E-state index contributed by atoms with van der Waals surface area (Å²) in [5.74, 6) is -0.419. The van der Waals surface area contributed by atoms with Crippen molar-refractivity contribution in [2.75, 3.05) is 0 Å². The molecule has 0 saturated heterocycles. The van der Waals surface area contributed by atoms with E-state index in [1.807, 2.05) is 18.2 Å².